The molecule has 0 spiro atoms. The number of hydrogen-bond acceptors (Lipinski definition) is 1. The van der Waals surface area contributed by atoms with Crippen LogP contribution < -0.4 is 0 Å². The van der Waals surface area contributed by atoms with Gasteiger partial charge in [-0.2, -0.15) is 0 Å². The summed E-state index contributed by atoms with van der Waals surface area (Å²) in [4.78, 5) is 0. The van der Waals surface area contributed by atoms with E-state index in [1.807, 2.05) is 5.57 Å². The summed E-state index contributed by atoms with van der Waals surface area (Å²) in [5.41, 5.74) is 2.27. The number of rotatable bonds is 4. The third-order valence-electron chi connectivity index (χ3n) is 8.64. The van der Waals surface area contributed by atoms with Crippen LogP contribution in [0.3, 0.4) is 0 Å². The van der Waals surface area contributed by atoms with E-state index in [9.17, 15) is 0 Å². The lowest BCUT2D eigenvalue weighted by Gasteiger charge is -2.57. The molecule has 6 atom stereocenters. The molecule has 0 aliphatic heterocycles. The minimum Gasteiger partial charge on any atom is -0.411 e. The Bertz CT molecular complexity index is 588. The van der Waals surface area contributed by atoms with Gasteiger partial charge in [-0.05, 0) is 113 Å². The van der Waals surface area contributed by atoms with E-state index in [0.717, 1.165) is 30.1 Å². The van der Waals surface area contributed by atoms with Gasteiger partial charge in [0.05, 0.1) is 5.60 Å². The van der Waals surface area contributed by atoms with Gasteiger partial charge in [-0.15, -0.1) is 6.58 Å². The van der Waals surface area contributed by atoms with E-state index < -0.39 is 8.32 Å². The zero-order valence-electron chi connectivity index (χ0n) is 17.7. The minimum atomic E-state index is -1.58. The van der Waals surface area contributed by atoms with Crippen molar-refractivity contribution in [1.82, 2.24) is 0 Å². The highest BCUT2D eigenvalue weighted by atomic mass is 28.4. The highest BCUT2D eigenvalue weighted by Gasteiger charge is 2.63. The van der Waals surface area contributed by atoms with Gasteiger partial charge >= 0.3 is 0 Å². The van der Waals surface area contributed by atoms with E-state index in [0.29, 0.717) is 5.41 Å². The Morgan fingerprint density at radius 2 is 1.96 bits per heavy atom. The second-order valence-electron chi connectivity index (χ2n) is 11.0. The molecule has 0 heterocycles. The smallest absolute Gasteiger partial charge is 0.184 e. The highest BCUT2D eigenvalue weighted by molar-refractivity contribution is 6.69. The molecule has 1 unspecified atom stereocenters. The molecule has 0 N–H and O–H groups in total. The molecule has 0 bridgehead atoms. The fourth-order valence-corrected chi connectivity index (χ4v) is 9.35. The number of hydrogen-bond donors (Lipinski definition) is 0. The summed E-state index contributed by atoms with van der Waals surface area (Å²) in [6.45, 7) is 13.9. The van der Waals surface area contributed by atoms with Crippen molar-refractivity contribution in [2.45, 2.75) is 96.4 Å². The summed E-state index contributed by atoms with van der Waals surface area (Å²) in [6.07, 6.45) is 18.4. The Balaban J connectivity index is 1.64. The molecule has 146 valence electrons. The van der Waals surface area contributed by atoms with E-state index >= 15 is 0 Å². The SMILES string of the molecule is C=CCC1(O[Si](C)(C)C)CC[C@H]2[C@@H]3CCC4=CCCC[C@@H]4[C@H]3CC[C@@]21C. The van der Waals surface area contributed by atoms with Crippen molar-refractivity contribution in [3.63, 3.8) is 0 Å². The maximum Gasteiger partial charge on any atom is 0.184 e. The van der Waals surface area contributed by atoms with Gasteiger partial charge in [-0.1, -0.05) is 24.6 Å². The van der Waals surface area contributed by atoms with Crippen LogP contribution >= 0.6 is 0 Å². The molecule has 2 heteroatoms. The van der Waals surface area contributed by atoms with Gasteiger partial charge in [0.25, 0.3) is 0 Å². The standard InChI is InChI=1S/C24H40OSi/c1-6-15-24(25-26(3,4)5)17-14-22-21-12-11-18-9-7-8-10-19(18)20(21)13-16-23(22,24)2/h6,9,19-22H,1,7-8,10-17H2,2-5H3/t19-,20+,21+,22-,23-,24?/m0/s1. The van der Waals surface area contributed by atoms with Crippen LogP contribution in [0, 0.1) is 29.1 Å². The maximum atomic E-state index is 7.04. The molecule has 0 amide bonds. The minimum absolute atomic E-state index is 0.0670. The van der Waals surface area contributed by atoms with Crippen LogP contribution in [-0.4, -0.2) is 13.9 Å². The average molecular weight is 373 g/mol. The molecular weight excluding hydrogens is 332 g/mol. The molecular formula is C24H40OSi. The van der Waals surface area contributed by atoms with Gasteiger partial charge < -0.3 is 4.43 Å². The van der Waals surface area contributed by atoms with Crippen molar-refractivity contribution in [3.8, 4) is 0 Å². The zero-order valence-corrected chi connectivity index (χ0v) is 18.7. The van der Waals surface area contributed by atoms with Crippen molar-refractivity contribution >= 4 is 8.32 Å². The first-order valence-electron chi connectivity index (χ1n) is 11.3. The Kier molecular flexibility index (Phi) is 4.84. The van der Waals surface area contributed by atoms with Gasteiger partial charge in [0.15, 0.2) is 8.32 Å². The van der Waals surface area contributed by atoms with Crippen LogP contribution in [0.2, 0.25) is 19.6 Å². The maximum absolute atomic E-state index is 7.04. The highest BCUT2D eigenvalue weighted by Crippen LogP contribution is 2.67. The van der Waals surface area contributed by atoms with Crippen molar-refractivity contribution in [2.24, 2.45) is 29.1 Å². The molecule has 0 radical (unpaired) electrons. The monoisotopic (exact) mass is 372 g/mol. The lowest BCUT2D eigenvalue weighted by molar-refractivity contribution is -0.105. The third kappa shape index (κ3) is 2.90. The Hall–Kier alpha value is -0.343. The first-order chi connectivity index (χ1) is 12.3. The van der Waals surface area contributed by atoms with E-state index in [-0.39, 0.29) is 5.60 Å². The predicted molar refractivity (Wildman–Crippen MR) is 114 cm³/mol. The third-order valence-corrected chi connectivity index (χ3v) is 9.65. The van der Waals surface area contributed by atoms with Crippen LogP contribution in [0.25, 0.3) is 0 Å². The second-order valence-corrected chi connectivity index (χ2v) is 15.4. The lowest BCUT2D eigenvalue weighted by Crippen LogP contribution is -2.56. The molecule has 0 aromatic carbocycles. The molecule has 0 aromatic heterocycles. The first kappa shape index (κ1) is 19.0. The average Bonchev–Trinajstić information content (AvgIpc) is 2.86. The topological polar surface area (TPSA) is 9.23 Å². The lowest BCUT2D eigenvalue weighted by atomic mass is 9.50. The number of allylic oxidation sites excluding steroid dienone is 2. The van der Waals surface area contributed by atoms with E-state index in [1.54, 1.807) is 0 Å². The summed E-state index contributed by atoms with van der Waals surface area (Å²) in [5, 5.41) is 0. The van der Waals surface area contributed by atoms with Crippen LogP contribution in [0.15, 0.2) is 24.3 Å². The van der Waals surface area contributed by atoms with Crippen LogP contribution in [0.5, 0.6) is 0 Å². The van der Waals surface area contributed by atoms with Crippen molar-refractivity contribution < 1.29 is 4.43 Å². The molecule has 4 rings (SSSR count). The van der Waals surface area contributed by atoms with Gasteiger partial charge in [-0.3, -0.25) is 0 Å². The fourth-order valence-electron chi connectivity index (χ4n) is 7.76. The molecule has 3 fully saturated rings. The van der Waals surface area contributed by atoms with Crippen LogP contribution in [-0.2, 0) is 4.43 Å². The molecule has 3 saturated carbocycles. The Morgan fingerprint density at radius 1 is 1.15 bits per heavy atom. The molecule has 26 heavy (non-hydrogen) atoms. The summed E-state index contributed by atoms with van der Waals surface area (Å²) < 4.78 is 7.04. The Morgan fingerprint density at radius 3 is 2.69 bits per heavy atom. The zero-order chi connectivity index (χ0) is 18.6. The van der Waals surface area contributed by atoms with Crippen LogP contribution in [0.1, 0.15) is 71.1 Å². The van der Waals surface area contributed by atoms with Crippen molar-refractivity contribution in [2.75, 3.05) is 0 Å². The van der Waals surface area contributed by atoms with E-state index in [2.05, 4.69) is 45.3 Å². The fraction of sp³-hybridized carbons (Fsp3) is 0.833. The molecule has 1 nitrogen and oxygen atoms in total. The van der Waals surface area contributed by atoms with Crippen molar-refractivity contribution in [3.05, 3.63) is 24.3 Å². The summed E-state index contributed by atoms with van der Waals surface area (Å²) >= 11 is 0. The Labute approximate surface area is 162 Å². The first-order valence-corrected chi connectivity index (χ1v) is 14.7. The van der Waals surface area contributed by atoms with Gasteiger partial charge in [-0.25, -0.2) is 0 Å². The van der Waals surface area contributed by atoms with Crippen molar-refractivity contribution in [1.29, 1.82) is 0 Å². The van der Waals surface area contributed by atoms with Gasteiger partial charge in [0, 0.05) is 0 Å². The normalized spacial score (nSPS) is 45.3. The summed E-state index contributed by atoms with van der Waals surface area (Å²) in [7, 11) is -1.58. The summed E-state index contributed by atoms with van der Waals surface area (Å²) in [5.74, 6) is 3.73. The molecule has 4 aliphatic rings. The quantitative estimate of drug-likeness (QED) is 0.377. The van der Waals surface area contributed by atoms with Crippen LogP contribution in [0.4, 0.5) is 0 Å². The molecule has 0 aromatic rings. The second kappa shape index (κ2) is 6.62. The predicted octanol–water partition coefficient (Wildman–Crippen LogP) is 7.12. The molecule has 0 saturated heterocycles. The summed E-state index contributed by atoms with van der Waals surface area (Å²) in [6, 6.07) is 0. The number of fused-ring (bicyclic) bond motifs is 5. The van der Waals surface area contributed by atoms with E-state index in [4.69, 9.17) is 4.43 Å². The van der Waals surface area contributed by atoms with E-state index in [1.165, 1.54) is 57.8 Å². The largest absolute Gasteiger partial charge is 0.411 e. The van der Waals surface area contributed by atoms with Gasteiger partial charge in [0.1, 0.15) is 0 Å². The molecule has 4 aliphatic carbocycles. The van der Waals surface area contributed by atoms with Gasteiger partial charge in [0.2, 0.25) is 0 Å².